The third-order valence-electron chi connectivity index (χ3n) is 3.86. The molecule has 2 N–H and O–H groups in total. The molecule has 4 heteroatoms. The fraction of sp³-hybridized carbons (Fsp3) is 0.850. The molecule has 0 spiro atoms. The van der Waals surface area contributed by atoms with Gasteiger partial charge in [0.1, 0.15) is 0 Å². The maximum atomic E-state index is 8.89. The molecule has 0 amide bonds. The van der Waals surface area contributed by atoms with Crippen molar-refractivity contribution in [2.45, 2.75) is 110 Å². The fourth-order valence-corrected chi connectivity index (χ4v) is 2.55. The van der Waals surface area contributed by atoms with E-state index in [1.165, 1.54) is 89.9 Å². The molecular weight excluding hydrogens is 325 g/mol. The second kappa shape index (κ2) is 28.4. The minimum Gasteiger partial charge on any atom is -0.550 e. The van der Waals surface area contributed by atoms with Crippen LogP contribution in [-0.2, 0) is 4.79 Å². The molecule has 0 aromatic rings. The molecule has 24 heavy (non-hydrogen) atoms. The summed E-state index contributed by atoms with van der Waals surface area (Å²) in [7, 11) is 0. The van der Waals surface area contributed by atoms with Crippen LogP contribution in [-0.4, -0.2) is 5.97 Å². The van der Waals surface area contributed by atoms with Gasteiger partial charge in [-0.25, -0.2) is 0 Å². The summed E-state index contributed by atoms with van der Waals surface area (Å²) in [6.07, 6.45) is 24.9. The second-order valence-electron chi connectivity index (χ2n) is 6.30. The van der Waals surface area contributed by atoms with E-state index in [0.29, 0.717) is 0 Å². The fourth-order valence-electron chi connectivity index (χ4n) is 2.55. The molecule has 0 bridgehead atoms. The monoisotopic (exact) mass is 365 g/mol. The molecular formula is C20H40KNO2. The number of carbonyl (C=O) groups excluding carboxylic acids is 1. The number of unbranched alkanes of at least 4 members (excludes halogenated alkanes) is 14. The number of carboxylic acid groups (broad SMARTS) is 1. The predicted octanol–water partition coefficient (Wildman–Crippen LogP) is 2.09. The largest absolute Gasteiger partial charge is 1.00 e. The van der Waals surface area contributed by atoms with Crippen LogP contribution < -0.4 is 62.2 Å². The summed E-state index contributed by atoms with van der Waals surface area (Å²) in [5.74, 6) is -1.08. The van der Waals surface area contributed by atoms with Crippen molar-refractivity contribution in [3.05, 3.63) is 12.3 Å². The third kappa shape index (κ3) is 38.3. The number of hydrogen-bond donors (Lipinski definition) is 1. The van der Waals surface area contributed by atoms with Gasteiger partial charge in [0.25, 0.3) is 0 Å². The number of carbonyl (C=O) groups is 1. The first kappa shape index (κ1) is 29.4. The number of aliphatic carboxylic acids is 1. The molecule has 138 valence electrons. The molecule has 0 rings (SSSR count). The molecule has 3 nitrogen and oxygen atoms in total. The van der Waals surface area contributed by atoms with Crippen LogP contribution in [0.1, 0.15) is 110 Å². The van der Waals surface area contributed by atoms with Gasteiger partial charge < -0.3 is 15.6 Å². The molecule has 0 unspecified atom stereocenters. The van der Waals surface area contributed by atoms with Gasteiger partial charge in [-0.3, -0.25) is 0 Å². The zero-order chi connectivity index (χ0) is 17.6. The quantitative estimate of drug-likeness (QED) is 0.357. The number of nitrogens with two attached hydrogens (primary N) is 1. The van der Waals surface area contributed by atoms with E-state index in [1.54, 1.807) is 6.20 Å². The molecule has 0 aliphatic heterocycles. The Morgan fingerprint density at radius 1 is 0.792 bits per heavy atom. The molecule has 0 atom stereocenters. The van der Waals surface area contributed by atoms with Crippen LogP contribution in [0.3, 0.4) is 0 Å². The Bertz CT molecular complexity index is 254. The first-order valence-electron chi connectivity index (χ1n) is 9.69. The smallest absolute Gasteiger partial charge is 0.550 e. The zero-order valence-electron chi connectivity index (χ0n) is 16.7. The summed E-state index contributed by atoms with van der Waals surface area (Å²) in [4.78, 5) is 8.89. The molecule has 0 aliphatic rings. The summed E-state index contributed by atoms with van der Waals surface area (Å²) in [6.45, 7) is 3.26. The average molecular weight is 366 g/mol. The van der Waals surface area contributed by atoms with Gasteiger partial charge in [-0.2, -0.15) is 0 Å². The van der Waals surface area contributed by atoms with Crippen LogP contribution in [0.5, 0.6) is 0 Å². The van der Waals surface area contributed by atoms with Crippen LogP contribution in [0.15, 0.2) is 12.3 Å². The Balaban J connectivity index is -0.000000787. The van der Waals surface area contributed by atoms with Crippen LogP contribution in [0.4, 0.5) is 0 Å². The maximum Gasteiger partial charge on any atom is 1.00 e. The Hall–Kier alpha value is 0.646. The van der Waals surface area contributed by atoms with E-state index in [9.17, 15) is 0 Å². The van der Waals surface area contributed by atoms with E-state index in [4.69, 9.17) is 15.6 Å². The Morgan fingerprint density at radius 3 is 1.38 bits per heavy atom. The number of carboxylic acids is 1. The molecule has 0 saturated heterocycles. The van der Waals surface area contributed by atoms with Gasteiger partial charge in [0, 0.05) is 5.97 Å². The number of hydrogen-bond acceptors (Lipinski definition) is 3. The van der Waals surface area contributed by atoms with E-state index < -0.39 is 5.97 Å². The van der Waals surface area contributed by atoms with Crippen molar-refractivity contribution in [3.63, 3.8) is 0 Å². The predicted molar refractivity (Wildman–Crippen MR) is 98.9 cm³/mol. The summed E-state index contributed by atoms with van der Waals surface area (Å²) in [5.41, 5.74) is 5.30. The summed E-state index contributed by atoms with van der Waals surface area (Å²) >= 11 is 0. The van der Waals surface area contributed by atoms with E-state index in [1.807, 2.05) is 0 Å². The van der Waals surface area contributed by atoms with Crippen molar-refractivity contribution in [1.29, 1.82) is 0 Å². The summed E-state index contributed by atoms with van der Waals surface area (Å²) in [5, 5.41) is 8.89. The third-order valence-corrected chi connectivity index (χ3v) is 3.86. The molecule has 0 aromatic carbocycles. The summed E-state index contributed by atoms with van der Waals surface area (Å²) in [6, 6.07) is 0. The Labute approximate surface area is 193 Å². The van der Waals surface area contributed by atoms with Gasteiger partial charge in [-0.15, -0.1) is 0 Å². The maximum absolute atomic E-state index is 8.89. The van der Waals surface area contributed by atoms with Gasteiger partial charge in [0.05, 0.1) is 0 Å². The first-order valence-corrected chi connectivity index (χ1v) is 9.69. The topological polar surface area (TPSA) is 66.1 Å². The Kier molecular flexibility index (Phi) is 34.9. The minimum absolute atomic E-state index is 0. The van der Waals surface area contributed by atoms with Crippen molar-refractivity contribution >= 4 is 5.97 Å². The average Bonchev–Trinajstić information content (AvgIpc) is 2.50. The van der Waals surface area contributed by atoms with Gasteiger partial charge >= 0.3 is 51.4 Å². The standard InChI is InChI=1S/C18H37N.C2H4O2.K/c1-2-3-4-5-6-7-8-9-10-11-12-13-14-15-16-17-18-19;1-2(3)4;/h17-18H,2-16,19H2,1H3;1H3,(H,3,4);/q;;+1/p-1. The SMILES string of the molecule is CC(=O)[O-].CCCCCCCCCCCCCCCCC=CN.[K+]. The molecule has 0 heterocycles. The van der Waals surface area contributed by atoms with Crippen molar-refractivity contribution in [2.75, 3.05) is 0 Å². The van der Waals surface area contributed by atoms with Gasteiger partial charge in [-0.1, -0.05) is 96.5 Å². The normalized spacial score (nSPS) is 10.1. The van der Waals surface area contributed by atoms with E-state index in [2.05, 4.69) is 13.0 Å². The van der Waals surface area contributed by atoms with E-state index >= 15 is 0 Å². The van der Waals surface area contributed by atoms with Gasteiger partial charge in [0.2, 0.25) is 0 Å². The first-order chi connectivity index (χ1) is 11.1. The molecule has 0 saturated carbocycles. The summed E-state index contributed by atoms with van der Waals surface area (Å²) < 4.78 is 0. The molecule has 0 fully saturated rings. The van der Waals surface area contributed by atoms with Crippen molar-refractivity contribution in [3.8, 4) is 0 Å². The number of allylic oxidation sites excluding steroid dienone is 1. The van der Waals surface area contributed by atoms with Crippen LogP contribution in [0.2, 0.25) is 0 Å². The zero-order valence-corrected chi connectivity index (χ0v) is 19.8. The van der Waals surface area contributed by atoms with Crippen molar-refractivity contribution in [1.82, 2.24) is 0 Å². The molecule has 0 radical (unpaired) electrons. The molecule has 0 aromatic heterocycles. The Morgan fingerprint density at radius 2 is 1.08 bits per heavy atom. The number of rotatable bonds is 15. The van der Waals surface area contributed by atoms with Gasteiger partial charge in [0.15, 0.2) is 0 Å². The van der Waals surface area contributed by atoms with E-state index in [0.717, 1.165) is 13.3 Å². The van der Waals surface area contributed by atoms with Crippen molar-refractivity contribution < 1.29 is 61.3 Å². The minimum atomic E-state index is -1.08. The molecule has 0 aliphatic carbocycles. The van der Waals surface area contributed by atoms with Crippen LogP contribution in [0.25, 0.3) is 0 Å². The van der Waals surface area contributed by atoms with Crippen LogP contribution in [0, 0.1) is 0 Å². The van der Waals surface area contributed by atoms with Crippen LogP contribution >= 0.6 is 0 Å². The van der Waals surface area contributed by atoms with Crippen molar-refractivity contribution in [2.24, 2.45) is 5.73 Å². The van der Waals surface area contributed by atoms with Gasteiger partial charge in [-0.05, 0) is 26.0 Å². The second-order valence-corrected chi connectivity index (χ2v) is 6.30. The van der Waals surface area contributed by atoms with E-state index in [-0.39, 0.29) is 51.4 Å².